The Labute approximate surface area is 247 Å². The predicted octanol–water partition coefficient (Wildman–Crippen LogP) is 3.59. The zero-order chi connectivity index (χ0) is 30.8. The first-order valence-corrected chi connectivity index (χ1v) is 14.0. The molecule has 1 saturated carbocycles. The third-order valence-electron chi connectivity index (χ3n) is 8.26. The molecule has 6 rings (SSSR count). The van der Waals surface area contributed by atoms with Gasteiger partial charge in [-0.05, 0) is 55.4 Å². The molecule has 11 nitrogen and oxygen atoms in total. The van der Waals surface area contributed by atoms with Gasteiger partial charge in [0.1, 0.15) is 23.8 Å². The van der Waals surface area contributed by atoms with Crippen molar-refractivity contribution in [2.24, 2.45) is 5.41 Å². The Kier molecular flexibility index (Phi) is 8.21. The molecule has 43 heavy (non-hydrogen) atoms. The van der Waals surface area contributed by atoms with Crippen molar-refractivity contribution in [1.29, 1.82) is 0 Å². The van der Waals surface area contributed by atoms with Gasteiger partial charge in [0.15, 0.2) is 5.69 Å². The van der Waals surface area contributed by atoms with Gasteiger partial charge in [0.05, 0.1) is 6.61 Å². The summed E-state index contributed by atoms with van der Waals surface area (Å²) in [4.78, 5) is 56.0. The molecule has 0 unspecified atom stereocenters. The van der Waals surface area contributed by atoms with E-state index in [1.807, 2.05) is 30.3 Å². The van der Waals surface area contributed by atoms with Gasteiger partial charge in [-0.3, -0.25) is 19.0 Å². The quantitative estimate of drug-likeness (QED) is 0.336. The number of carbonyl (C=O) groups is 3. The van der Waals surface area contributed by atoms with Gasteiger partial charge in [-0.15, -0.1) is 0 Å². The Hall–Kier alpha value is -4.74. The highest BCUT2D eigenvalue weighted by Crippen LogP contribution is 2.49. The maximum absolute atomic E-state index is 13.7. The summed E-state index contributed by atoms with van der Waals surface area (Å²) in [5.41, 5.74) is -1.38. The van der Waals surface area contributed by atoms with E-state index in [2.05, 4.69) is 15.6 Å². The molecule has 2 bridgehead atoms. The minimum Gasteiger partial charge on any atom is -0.501 e. The Balaban J connectivity index is 1.47. The zero-order valence-electron chi connectivity index (χ0n) is 23.9. The third kappa shape index (κ3) is 6.23. The number of ether oxygens (including phenoxy) is 2. The zero-order valence-corrected chi connectivity index (χ0v) is 23.9. The molecule has 0 saturated heterocycles. The number of aromatic nitrogens is 2. The smallest absolute Gasteiger partial charge is 0.408 e. The van der Waals surface area contributed by atoms with Crippen LogP contribution < -0.4 is 16.2 Å². The molecule has 226 valence electrons. The molecular weight excluding hydrogens is 559 g/mol. The minimum atomic E-state index is -1.19. The van der Waals surface area contributed by atoms with E-state index in [0.717, 1.165) is 5.56 Å². The lowest BCUT2D eigenvalue weighted by Gasteiger charge is -2.41. The van der Waals surface area contributed by atoms with Crippen molar-refractivity contribution in [2.75, 3.05) is 6.61 Å². The van der Waals surface area contributed by atoms with Crippen molar-refractivity contribution in [3.63, 3.8) is 0 Å². The molecule has 2 aliphatic heterocycles. The summed E-state index contributed by atoms with van der Waals surface area (Å²) in [7, 11) is 0. The number of amides is 2. The van der Waals surface area contributed by atoms with Crippen LogP contribution in [0.15, 0.2) is 53.3 Å². The highest BCUT2D eigenvalue weighted by atomic mass is 19.1. The van der Waals surface area contributed by atoms with Crippen molar-refractivity contribution in [3.8, 4) is 5.75 Å². The fraction of sp³-hybridized carbons (Fsp3) is 0.387. The first-order valence-electron chi connectivity index (χ1n) is 14.0. The maximum Gasteiger partial charge on any atom is 0.408 e. The van der Waals surface area contributed by atoms with E-state index in [9.17, 15) is 28.7 Å². The standard InChI is InChI=1S/C31H33FN4O7/c1-19-14-22(8-9-23(19)32)15-33-26(39)24-25(38)27(40)36-17-30(18-43-20(2)37)10-12-31(13-11-30,28(36)34-24)35-29(41)42-16-21-6-4-3-5-7-21/h3-9,14,38H,10-13,15-18H2,1-2H3,(H,33,39)(H,35,41). The SMILES string of the molecule is CC(=O)OCC12CCC(NC(=O)OCc3ccccc3)(CC1)c1nc(C(=O)NCc3ccc(F)c(C)c3)c(O)c(=O)n1C2. The van der Waals surface area contributed by atoms with E-state index in [0.29, 0.717) is 36.8 Å². The van der Waals surface area contributed by atoms with E-state index in [4.69, 9.17) is 9.47 Å². The first kappa shape index (κ1) is 29.7. The molecule has 3 N–H and O–H groups in total. The van der Waals surface area contributed by atoms with Crippen LogP contribution in [0.1, 0.15) is 65.6 Å². The summed E-state index contributed by atoms with van der Waals surface area (Å²) >= 11 is 0. The average molecular weight is 593 g/mol. The second kappa shape index (κ2) is 11.9. The van der Waals surface area contributed by atoms with Gasteiger partial charge in [0.25, 0.3) is 11.5 Å². The summed E-state index contributed by atoms with van der Waals surface area (Å²) in [6, 6.07) is 13.5. The summed E-state index contributed by atoms with van der Waals surface area (Å²) in [6.07, 6.45) is 0.844. The minimum absolute atomic E-state index is 0.000191. The fourth-order valence-corrected chi connectivity index (χ4v) is 5.80. The van der Waals surface area contributed by atoms with Crippen LogP contribution in [-0.4, -0.2) is 39.2 Å². The van der Waals surface area contributed by atoms with Crippen molar-refractivity contribution in [1.82, 2.24) is 20.2 Å². The highest BCUT2D eigenvalue weighted by molar-refractivity contribution is 5.94. The van der Waals surface area contributed by atoms with E-state index in [1.165, 1.54) is 23.6 Å². The molecule has 0 spiro atoms. The van der Waals surface area contributed by atoms with Gasteiger partial charge in [-0.25, -0.2) is 14.2 Å². The second-order valence-corrected chi connectivity index (χ2v) is 11.3. The molecule has 2 amide bonds. The number of rotatable bonds is 8. The molecule has 1 aromatic heterocycles. The number of benzene rings is 2. The molecule has 3 aromatic rings. The number of halogens is 1. The lowest BCUT2D eigenvalue weighted by atomic mass is 9.69. The number of aromatic hydroxyl groups is 1. The van der Waals surface area contributed by atoms with Crippen molar-refractivity contribution >= 4 is 18.0 Å². The molecule has 12 heteroatoms. The lowest BCUT2D eigenvalue weighted by molar-refractivity contribution is -0.146. The number of esters is 1. The number of carbonyl (C=O) groups excluding carboxylic acids is 3. The fourth-order valence-electron chi connectivity index (χ4n) is 5.80. The molecule has 3 aliphatic rings. The Bertz CT molecular complexity index is 1610. The van der Waals surface area contributed by atoms with Gasteiger partial charge in [0, 0.05) is 25.4 Å². The predicted molar refractivity (Wildman–Crippen MR) is 151 cm³/mol. The van der Waals surface area contributed by atoms with E-state index >= 15 is 0 Å². The normalized spacial score (nSPS) is 20.4. The molecule has 0 radical (unpaired) electrons. The Morgan fingerprint density at radius 2 is 1.77 bits per heavy atom. The van der Waals surface area contributed by atoms with Gasteiger partial charge >= 0.3 is 12.1 Å². The number of alkyl carbamates (subject to hydrolysis) is 1. The summed E-state index contributed by atoms with van der Waals surface area (Å²) in [6.45, 7) is 3.03. The summed E-state index contributed by atoms with van der Waals surface area (Å²) in [5.74, 6) is -2.39. The summed E-state index contributed by atoms with van der Waals surface area (Å²) < 4.78 is 25.8. The molecule has 3 heterocycles. The first-order chi connectivity index (χ1) is 20.5. The second-order valence-electron chi connectivity index (χ2n) is 11.3. The Morgan fingerprint density at radius 3 is 2.44 bits per heavy atom. The van der Waals surface area contributed by atoms with Crippen LogP contribution in [0, 0.1) is 18.2 Å². The molecule has 0 atom stereocenters. The van der Waals surface area contributed by atoms with Crippen LogP contribution in [0.2, 0.25) is 0 Å². The summed E-state index contributed by atoms with van der Waals surface area (Å²) in [5, 5.41) is 16.4. The Morgan fingerprint density at radius 1 is 1.05 bits per heavy atom. The number of hydrogen-bond donors (Lipinski definition) is 3. The van der Waals surface area contributed by atoms with Crippen LogP contribution in [-0.2, 0) is 39.5 Å². The number of aryl methyl sites for hydroxylation is 1. The maximum atomic E-state index is 13.7. The van der Waals surface area contributed by atoms with E-state index in [1.54, 1.807) is 13.0 Å². The van der Waals surface area contributed by atoms with Crippen molar-refractivity contribution in [3.05, 3.63) is 92.9 Å². The van der Waals surface area contributed by atoms with E-state index < -0.39 is 45.9 Å². The van der Waals surface area contributed by atoms with Crippen LogP contribution in [0.25, 0.3) is 0 Å². The van der Waals surface area contributed by atoms with Crippen molar-refractivity contribution in [2.45, 2.75) is 64.8 Å². The number of nitrogens with one attached hydrogen (secondary N) is 2. The number of fused-ring (bicyclic) bond motifs is 2. The molecule has 1 fully saturated rings. The highest BCUT2D eigenvalue weighted by Gasteiger charge is 2.52. The van der Waals surface area contributed by atoms with Crippen LogP contribution in [0.4, 0.5) is 9.18 Å². The number of hydrogen-bond acceptors (Lipinski definition) is 8. The van der Waals surface area contributed by atoms with Crippen LogP contribution in [0.3, 0.4) is 0 Å². The topological polar surface area (TPSA) is 149 Å². The van der Waals surface area contributed by atoms with Crippen LogP contribution >= 0.6 is 0 Å². The van der Waals surface area contributed by atoms with Gasteiger partial charge in [0.2, 0.25) is 5.75 Å². The molecular formula is C31H33FN4O7. The van der Waals surface area contributed by atoms with Gasteiger partial charge in [-0.1, -0.05) is 42.5 Å². The van der Waals surface area contributed by atoms with Gasteiger partial charge in [-0.2, -0.15) is 0 Å². The molecule has 1 aliphatic carbocycles. The van der Waals surface area contributed by atoms with Gasteiger partial charge < -0.3 is 25.2 Å². The van der Waals surface area contributed by atoms with Crippen LogP contribution in [0.5, 0.6) is 5.75 Å². The number of nitrogens with zero attached hydrogens (tertiary/aromatic N) is 2. The van der Waals surface area contributed by atoms with E-state index in [-0.39, 0.29) is 37.9 Å². The monoisotopic (exact) mass is 592 g/mol. The van der Waals surface area contributed by atoms with Crippen molar-refractivity contribution < 1.29 is 33.4 Å². The molecule has 2 aromatic carbocycles. The third-order valence-corrected chi connectivity index (χ3v) is 8.26. The largest absolute Gasteiger partial charge is 0.501 e. The average Bonchev–Trinajstić information content (AvgIpc) is 3.21. The lowest BCUT2D eigenvalue weighted by Crippen LogP contribution is -2.50.